The van der Waals surface area contributed by atoms with Crippen LogP contribution in [0.3, 0.4) is 0 Å². The van der Waals surface area contributed by atoms with Gasteiger partial charge in [-0.2, -0.15) is 0 Å². The zero-order chi connectivity index (χ0) is 26.3. The molecule has 204 valence electrons. The average molecular weight is 496 g/mol. The number of esters is 1. The van der Waals surface area contributed by atoms with Crippen LogP contribution in [0, 0.1) is 23.2 Å². The predicted octanol–water partition coefficient (Wildman–Crippen LogP) is 7.03. The van der Waals surface area contributed by atoms with Crippen LogP contribution in [0.15, 0.2) is 0 Å². The van der Waals surface area contributed by atoms with Crippen molar-refractivity contribution in [2.24, 2.45) is 28.9 Å². The lowest BCUT2D eigenvalue weighted by Gasteiger charge is -2.42. The maximum absolute atomic E-state index is 12.7. The van der Waals surface area contributed by atoms with Gasteiger partial charge in [-0.15, -0.1) is 0 Å². The second kappa shape index (κ2) is 17.0. The van der Waals surface area contributed by atoms with E-state index in [2.05, 4.69) is 13.8 Å². The normalized spacial score (nSPS) is 20.2. The van der Waals surface area contributed by atoms with Gasteiger partial charge >= 0.3 is 11.9 Å². The van der Waals surface area contributed by atoms with Crippen molar-refractivity contribution in [1.82, 2.24) is 0 Å². The van der Waals surface area contributed by atoms with Gasteiger partial charge in [0.1, 0.15) is 11.5 Å². The van der Waals surface area contributed by atoms with Crippen molar-refractivity contribution in [3.8, 4) is 0 Å². The van der Waals surface area contributed by atoms with E-state index in [1.807, 2.05) is 13.8 Å². The third kappa shape index (κ3) is 10.1. The molecule has 6 heteroatoms. The van der Waals surface area contributed by atoms with Crippen molar-refractivity contribution in [3.05, 3.63) is 0 Å². The van der Waals surface area contributed by atoms with Gasteiger partial charge in [0.15, 0.2) is 0 Å². The van der Waals surface area contributed by atoms with Crippen molar-refractivity contribution >= 4 is 17.8 Å². The molecule has 1 aliphatic heterocycles. The molecule has 0 aromatic heterocycles. The fourth-order valence-electron chi connectivity index (χ4n) is 5.73. The predicted molar refractivity (Wildman–Crippen MR) is 141 cm³/mol. The molecule has 1 fully saturated rings. The molecule has 0 saturated carbocycles. The zero-order valence-electron chi connectivity index (χ0n) is 23.0. The van der Waals surface area contributed by atoms with Gasteiger partial charge in [0.05, 0.1) is 5.92 Å². The van der Waals surface area contributed by atoms with Crippen LogP contribution in [0.1, 0.15) is 137 Å². The molecule has 4 atom stereocenters. The Balaban J connectivity index is 2.84. The summed E-state index contributed by atoms with van der Waals surface area (Å²) in [6.07, 6.45) is 16.6. The summed E-state index contributed by atoms with van der Waals surface area (Å²) in [7, 11) is 0. The first kappa shape index (κ1) is 31.4. The Morgan fingerprint density at radius 2 is 1.43 bits per heavy atom. The van der Waals surface area contributed by atoms with Crippen molar-refractivity contribution in [2.45, 2.75) is 143 Å². The molecule has 6 nitrogen and oxygen atoms in total. The van der Waals surface area contributed by atoms with Gasteiger partial charge in [0.2, 0.25) is 5.91 Å². The third-order valence-corrected chi connectivity index (χ3v) is 7.81. The third-order valence-electron chi connectivity index (χ3n) is 7.81. The number of cyclic esters (lactones) is 1. The van der Waals surface area contributed by atoms with Gasteiger partial charge in [0, 0.05) is 0 Å². The minimum Gasteiger partial charge on any atom is -0.480 e. The highest BCUT2D eigenvalue weighted by Gasteiger charge is 2.54. The van der Waals surface area contributed by atoms with Crippen LogP contribution in [0.2, 0.25) is 0 Å². The van der Waals surface area contributed by atoms with E-state index in [1.165, 1.54) is 38.5 Å². The summed E-state index contributed by atoms with van der Waals surface area (Å²) in [5, 5.41) is 10.3. The van der Waals surface area contributed by atoms with Crippen LogP contribution >= 0.6 is 0 Å². The SMILES string of the molecule is CCCCCCCCCCCC(C[C@@H]1OC(=O)[C@H]1CCCCCC)[C@@](CC(C)C)(C(N)=O)C(=O)O. The number of carbonyl (C=O) groups is 3. The zero-order valence-corrected chi connectivity index (χ0v) is 23.0. The summed E-state index contributed by atoms with van der Waals surface area (Å²) in [4.78, 5) is 37.5. The Labute approximate surface area is 214 Å². The largest absolute Gasteiger partial charge is 0.480 e. The molecular weight excluding hydrogens is 442 g/mol. The van der Waals surface area contributed by atoms with E-state index in [0.717, 1.165) is 51.4 Å². The summed E-state index contributed by atoms with van der Waals surface area (Å²) in [6, 6.07) is 0. The Morgan fingerprint density at radius 1 is 0.914 bits per heavy atom. The molecule has 0 bridgehead atoms. The van der Waals surface area contributed by atoms with Crippen molar-refractivity contribution in [3.63, 3.8) is 0 Å². The molecule has 1 unspecified atom stereocenters. The van der Waals surface area contributed by atoms with E-state index in [9.17, 15) is 19.5 Å². The number of rotatable bonds is 22. The Hall–Kier alpha value is -1.59. The van der Waals surface area contributed by atoms with Gasteiger partial charge in [-0.05, 0) is 37.5 Å². The molecule has 3 N–H and O–H groups in total. The molecule has 0 radical (unpaired) electrons. The number of ether oxygens (including phenoxy) is 1. The molecule has 1 heterocycles. The maximum Gasteiger partial charge on any atom is 0.319 e. The second-order valence-corrected chi connectivity index (χ2v) is 11.2. The van der Waals surface area contributed by atoms with E-state index in [4.69, 9.17) is 10.5 Å². The van der Waals surface area contributed by atoms with Gasteiger partial charge < -0.3 is 15.6 Å². The molecule has 35 heavy (non-hydrogen) atoms. The molecule has 0 aliphatic carbocycles. The van der Waals surface area contributed by atoms with Crippen LogP contribution in [0.4, 0.5) is 0 Å². The number of carboxylic acids is 1. The Kier molecular flexibility index (Phi) is 15.2. The smallest absolute Gasteiger partial charge is 0.319 e. The van der Waals surface area contributed by atoms with Crippen LogP contribution in [-0.4, -0.2) is 29.1 Å². The molecule has 0 aromatic rings. The topological polar surface area (TPSA) is 107 Å². The number of amides is 1. The molecule has 1 amide bonds. The van der Waals surface area contributed by atoms with Crippen LogP contribution in [-0.2, 0) is 19.1 Å². The maximum atomic E-state index is 12.7. The Bertz CT molecular complexity index is 619. The fourth-order valence-corrected chi connectivity index (χ4v) is 5.73. The summed E-state index contributed by atoms with van der Waals surface area (Å²) in [5.74, 6) is -2.68. The first-order valence-electron chi connectivity index (χ1n) is 14.4. The van der Waals surface area contributed by atoms with E-state index < -0.39 is 23.2 Å². The van der Waals surface area contributed by atoms with E-state index in [0.29, 0.717) is 12.8 Å². The first-order chi connectivity index (χ1) is 16.7. The van der Waals surface area contributed by atoms with Gasteiger partial charge in [-0.3, -0.25) is 14.4 Å². The highest BCUT2D eigenvalue weighted by molar-refractivity contribution is 6.01. The Morgan fingerprint density at radius 3 is 1.89 bits per heavy atom. The van der Waals surface area contributed by atoms with E-state index in [-0.39, 0.29) is 30.3 Å². The number of carboxylic acid groups (broad SMARTS) is 1. The molecule has 0 spiro atoms. The second-order valence-electron chi connectivity index (χ2n) is 11.2. The van der Waals surface area contributed by atoms with Gasteiger partial charge in [-0.25, -0.2) is 0 Å². The lowest BCUT2D eigenvalue weighted by atomic mass is 9.64. The highest BCUT2D eigenvalue weighted by atomic mass is 16.6. The van der Waals surface area contributed by atoms with E-state index >= 15 is 0 Å². The van der Waals surface area contributed by atoms with Crippen LogP contribution in [0.5, 0.6) is 0 Å². The lowest BCUT2D eigenvalue weighted by Crippen LogP contribution is -2.54. The molecule has 1 saturated heterocycles. The monoisotopic (exact) mass is 495 g/mol. The molecule has 1 rings (SSSR count). The number of unbranched alkanes of at least 4 members (excludes halogenated alkanes) is 11. The minimum atomic E-state index is -1.62. The number of primary amides is 1. The highest BCUT2D eigenvalue weighted by Crippen LogP contribution is 2.44. The molecule has 0 aromatic carbocycles. The van der Waals surface area contributed by atoms with Crippen LogP contribution < -0.4 is 5.73 Å². The van der Waals surface area contributed by atoms with Crippen LogP contribution in [0.25, 0.3) is 0 Å². The van der Waals surface area contributed by atoms with Crippen molar-refractivity contribution in [1.29, 1.82) is 0 Å². The minimum absolute atomic E-state index is 0.0120. The average Bonchev–Trinajstić information content (AvgIpc) is 2.79. The number of hydrogen-bond acceptors (Lipinski definition) is 4. The summed E-state index contributed by atoms with van der Waals surface area (Å²) in [5.41, 5.74) is 4.19. The standard InChI is InChI=1S/C29H53NO5/c1-5-7-9-11-12-13-14-15-16-18-23(29(27(30)32,28(33)34)21-22(3)4)20-25-24(26(31)35-25)19-17-10-8-6-2/h22-25H,5-21H2,1-4H3,(H2,30,32)(H,33,34)/t23?,24-,25-,29-/m0/s1. The molecule has 1 aliphatic rings. The number of nitrogens with two attached hydrogens (primary N) is 1. The van der Waals surface area contributed by atoms with E-state index in [1.54, 1.807) is 0 Å². The van der Waals surface area contributed by atoms with Gasteiger partial charge in [0.25, 0.3) is 0 Å². The first-order valence-corrected chi connectivity index (χ1v) is 14.4. The van der Waals surface area contributed by atoms with Crippen molar-refractivity contribution in [2.75, 3.05) is 0 Å². The number of carbonyl (C=O) groups excluding carboxylic acids is 2. The fraction of sp³-hybridized carbons (Fsp3) is 0.897. The van der Waals surface area contributed by atoms with Gasteiger partial charge in [-0.1, -0.05) is 111 Å². The number of hydrogen-bond donors (Lipinski definition) is 2. The summed E-state index contributed by atoms with van der Waals surface area (Å²) < 4.78 is 5.51. The number of aliphatic carboxylic acids is 1. The quantitative estimate of drug-likeness (QED) is 0.0952. The lowest BCUT2D eigenvalue weighted by molar-refractivity contribution is -0.190. The summed E-state index contributed by atoms with van der Waals surface area (Å²) in [6.45, 7) is 8.23. The summed E-state index contributed by atoms with van der Waals surface area (Å²) >= 11 is 0. The van der Waals surface area contributed by atoms with Crippen molar-refractivity contribution < 1.29 is 24.2 Å². The molecular formula is C29H53NO5.